The highest BCUT2D eigenvalue weighted by Crippen LogP contribution is 2.25. The number of unbranched alkanes of at least 4 members (excludes halogenated alkanes) is 3. The molecule has 0 aliphatic heterocycles. The second-order valence-electron chi connectivity index (χ2n) is 4.44. The SMILES string of the molecule is CCCCCCC(O)c1cnc2ccsc2c1. The van der Waals surface area contributed by atoms with E-state index in [2.05, 4.69) is 18.0 Å². The molecular formula is C14H19NOS. The molecule has 1 N–H and O–H groups in total. The standard InChI is InChI=1S/C14H19NOS/c1-2-3-4-5-6-13(16)11-9-14-12(15-10-11)7-8-17-14/h7-10,13,16H,2-6H2,1H3. The molecule has 1 atom stereocenters. The Morgan fingerprint density at radius 1 is 1.35 bits per heavy atom. The molecule has 0 amide bonds. The first-order valence-corrected chi connectivity index (χ1v) is 7.20. The Kier molecular flexibility index (Phi) is 4.51. The zero-order valence-electron chi connectivity index (χ0n) is 10.2. The first-order chi connectivity index (χ1) is 8.31. The molecule has 2 aromatic rings. The molecule has 0 aliphatic rings. The summed E-state index contributed by atoms with van der Waals surface area (Å²) in [5.41, 5.74) is 1.98. The fourth-order valence-corrected chi connectivity index (χ4v) is 2.76. The van der Waals surface area contributed by atoms with Crippen molar-refractivity contribution in [1.29, 1.82) is 0 Å². The third-order valence-electron chi connectivity index (χ3n) is 3.04. The van der Waals surface area contributed by atoms with Crippen LogP contribution >= 0.6 is 11.3 Å². The third kappa shape index (κ3) is 3.27. The number of hydrogen-bond acceptors (Lipinski definition) is 3. The summed E-state index contributed by atoms with van der Waals surface area (Å²) < 4.78 is 1.16. The van der Waals surface area contributed by atoms with Crippen LogP contribution in [0.1, 0.15) is 50.7 Å². The maximum atomic E-state index is 10.1. The fourth-order valence-electron chi connectivity index (χ4n) is 1.97. The van der Waals surface area contributed by atoms with Crippen molar-refractivity contribution in [2.45, 2.75) is 45.1 Å². The molecule has 0 aliphatic carbocycles. The minimum absolute atomic E-state index is 0.356. The summed E-state index contributed by atoms with van der Waals surface area (Å²) in [5.74, 6) is 0. The molecule has 0 radical (unpaired) electrons. The molecule has 0 aromatic carbocycles. The van der Waals surface area contributed by atoms with Crippen LogP contribution in [-0.4, -0.2) is 10.1 Å². The van der Waals surface area contributed by atoms with E-state index in [1.54, 1.807) is 17.5 Å². The molecule has 3 heteroatoms. The van der Waals surface area contributed by atoms with Crippen molar-refractivity contribution in [3.63, 3.8) is 0 Å². The minimum Gasteiger partial charge on any atom is -0.388 e. The van der Waals surface area contributed by atoms with E-state index < -0.39 is 0 Å². The van der Waals surface area contributed by atoms with Gasteiger partial charge < -0.3 is 5.11 Å². The average molecular weight is 249 g/mol. The monoisotopic (exact) mass is 249 g/mol. The lowest BCUT2D eigenvalue weighted by atomic mass is 10.0. The van der Waals surface area contributed by atoms with Crippen molar-refractivity contribution in [2.24, 2.45) is 0 Å². The van der Waals surface area contributed by atoms with Gasteiger partial charge in [0.2, 0.25) is 0 Å². The first-order valence-electron chi connectivity index (χ1n) is 6.32. The maximum absolute atomic E-state index is 10.1. The number of thiophene rings is 1. The molecular weight excluding hydrogens is 230 g/mol. The number of aliphatic hydroxyl groups is 1. The predicted molar refractivity (Wildman–Crippen MR) is 73.3 cm³/mol. The fraction of sp³-hybridized carbons (Fsp3) is 0.500. The van der Waals surface area contributed by atoms with Crippen molar-refractivity contribution in [1.82, 2.24) is 4.98 Å². The van der Waals surface area contributed by atoms with Crippen LogP contribution in [0.2, 0.25) is 0 Å². The number of aromatic nitrogens is 1. The van der Waals surface area contributed by atoms with Gasteiger partial charge >= 0.3 is 0 Å². The Morgan fingerprint density at radius 3 is 3.06 bits per heavy atom. The van der Waals surface area contributed by atoms with Crippen LogP contribution in [0.5, 0.6) is 0 Å². The van der Waals surface area contributed by atoms with Crippen LogP contribution in [0.25, 0.3) is 10.2 Å². The van der Waals surface area contributed by atoms with Crippen LogP contribution in [0.3, 0.4) is 0 Å². The van der Waals surface area contributed by atoms with Crippen LogP contribution < -0.4 is 0 Å². The quantitative estimate of drug-likeness (QED) is 0.774. The normalized spacial score (nSPS) is 13.1. The number of nitrogens with zero attached hydrogens (tertiary/aromatic N) is 1. The molecule has 0 saturated carbocycles. The molecule has 2 heterocycles. The summed E-state index contributed by atoms with van der Waals surface area (Å²) in [6.07, 6.45) is 7.09. The first kappa shape index (κ1) is 12.5. The highest BCUT2D eigenvalue weighted by Gasteiger charge is 2.08. The summed E-state index contributed by atoms with van der Waals surface area (Å²) in [6, 6.07) is 4.08. The van der Waals surface area contributed by atoms with Gasteiger partial charge in [-0.2, -0.15) is 0 Å². The molecule has 92 valence electrons. The number of hydrogen-bond donors (Lipinski definition) is 1. The van der Waals surface area contributed by atoms with Crippen molar-refractivity contribution < 1.29 is 5.11 Å². The van der Waals surface area contributed by atoms with E-state index in [1.807, 2.05) is 11.4 Å². The van der Waals surface area contributed by atoms with Gasteiger partial charge in [0.15, 0.2) is 0 Å². The Bertz CT molecular complexity index is 466. The van der Waals surface area contributed by atoms with Crippen LogP contribution in [-0.2, 0) is 0 Å². The number of aliphatic hydroxyl groups excluding tert-OH is 1. The number of fused-ring (bicyclic) bond motifs is 1. The zero-order chi connectivity index (χ0) is 12.1. The Balaban J connectivity index is 1.95. The molecule has 17 heavy (non-hydrogen) atoms. The predicted octanol–water partition coefficient (Wildman–Crippen LogP) is 4.30. The summed E-state index contributed by atoms with van der Waals surface area (Å²) in [6.45, 7) is 2.20. The van der Waals surface area contributed by atoms with Gasteiger partial charge in [0.1, 0.15) is 0 Å². The van der Waals surface area contributed by atoms with E-state index in [9.17, 15) is 5.11 Å². The molecule has 2 rings (SSSR count). The van der Waals surface area contributed by atoms with Gasteiger partial charge in [-0.1, -0.05) is 32.6 Å². The van der Waals surface area contributed by atoms with Crippen LogP contribution in [0.4, 0.5) is 0 Å². The van der Waals surface area contributed by atoms with Crippen molar-refractivity contribution in [3.05, 3.63) is 29.3 Å². The smallest absolute Gasteiger partial charge is 0.0809 e. The van der Waals surface area contributed by atoms with E-state index in [-0.39, 0.29) is 6.10 Å². The van der Waals surface area contributed by atoms with Gasteiger partial charge in [0.05, 0.1) is 16.3 Å². The molecule has 0 bridgehead atoms. The van der Waals surface area contributed by atoms with Gasteiger partial charge in [0, 0.05) is 11.8 Å². The minimum atomic E-state index is -0.356. The highest BCUT2D eigenvalue weighted by atomic mass is 32.1. The zero-order valence-corrected chi connectivity index (χ0v) is 11.0. The number of rotatable bonds is 6. The number of pyridine rings is 1. The van der Waals surface area contributed by atoms with Crippen LogP contribution in [0, 0.1) is 0 Å². The topological polar surface area (TPSA) is 33.1 Å². The molecule has 1 unspecified atom stereocenters. The van der Waals surface area contributed by atoms with Crippen molar-refractivity contribution >= 4 is 21.6 Å². The Labute approximate surface area is 106 Å². The Hall–Kier alpha value is -0.930. The Morgan fingerprint density at radius 2 is 2.24 bits per heavy atom. The van der Waals surface area contributed by atoms with Gasteiger partial charge in [-0.05, 0) is 23.9 Å². The van der Waals surface area contributed by atoms with Gasteiger partial charge in [-0.15, -0.1) is 11.3 Å². The lowest BCUT2D eigenvalue weighted by Crippen LogP contribution is -1.98. The van der Waals surface area contributed by atoms with Crippen molar-refractivity contribution in [3.8, 4) is 0 Å². The summed E-state index contributed by atoms with van der Waals surface area (Å²) in [7, 11) is 0. The van der Waals surface area contributed by atoms with E-state index in [0.29, 0.717) is 0 Å². The molecule has 0 saturated heterocycles. The largest absolute Gasteiger partial charge is 0.388 e. The summed E-state index contributed by atoms with van der Waals surface area (Å²) >= 11 is 1.68. The molecule has 2 nitrogen and oxygen atoms in total. The average Bonchev–Trinajstić information content (AvgIpc) is 2.81. The van der Waals surface area contributed by atoms with E-state index in [1.165, 1.54) is 19.3 Å². The van der Waals surface area contributed by atoms with E-state index >= 15 is 0 Å². The molecule has 0 spiro atoms. The van der Waals surface area contributed by atoms with Gasteiger partial charge in [0.25, 0.3) is 0 Å². The maximum Gasteiger partial charge on any atom is 0.0809 e. The highest BCUT2D eigenvalue weighted by molar-refractivity contribution is 7.17. The molecule has 0 fully saturated rings. The third-order valence-corrected chi connectivity index (χ3v) is 3.89. The van der Waals surface area contributed by atoms with E-state index in [0.717, 1.165) is 28.6 Å². The van der Waals surface area contributed by atoms with Crippen molar-refractivity contribution in [2.75, 3.05) is 0 Å². The summed E-state index contributed by atoms with van der Waals surface area (Å²) in [4.78, 5) is 4.36. The van der Waals surface area contributed by atoms with Gasteiger partial charge in [-0.3, -0.25) is 4.98 Å². The van der Waals surface area contributed by atoms with Crippen LogP contribution in [0.15, 0.2) is 23.7 Å². The lowest BCUT2D eigenvalue weighted by molar-refractivity contribution is 0.163. The second-order valence-corrected chi connectivity index (χ2v) is 5.39. The lowest BCUT2D eigenvalue weighted by Gasteiger charge is -2.10. The molecule has 2 aromatic heterocycles. The van der Waals surface area contributed by atoms with E-state index in [4.69, 9.17) is 0 Å². The second kappa shape index (κ2) is 6.12. The van der Waals surface area contributed by atoms with Gasteiger partial charge in [-0.25, -0.2) is 0 Å². The summed E-state index contributed by atoms with van der Waals surface area (Å²) in [5, 5.41) is 12.1.